The Balaban J connectivity index is 2.81. The minimum absolute atomic E-state index is 0.127. The highest BCUT2D eigenvalue weighted by molar-refractivity contribution is 5.77. The van der Waals surface area contributed by atoms with E-state index < -0.39 is 11.6 Å². The number of benzene rings is 1. The lowest BCUT2D eigenvalue weighted by Gasteiger charge is -2.13. The summed E-state index contributed by atoms with van der Waals surface area (Å²) in [4.78, 5) is 10.9. The molecule has 1 aromatic heterocycles. The van der Waals surface area contributed by atoms with E-state index in [1.807, 2.05) is 0 Å². The van der Waals surface area contributed by atoms with Gasteiger partial charge in [0.05, 0.1) is 0 Å². The molecule has 4 heteroatoms. The summed E-state index contributed by atoms with van der Waals surface area (Å²) in [5.74, 6) is -1.24. The van der Waals surface area contributed by atoms with Crippen molar-refractivity contribution in [1.29, 1.82) is 0 Å². The van der Waals surface area contributed by atoms with Crippen LogP contribution in [0.4, 0.5) is 8.78 Å². The Morgan fingerprint density at radius 2 is 1.83 bits per heavy atom. The lowest BCUT2D eigenvalue weighted by atomic mass is 10.2. The number of carbonyl (C=O) groups is 1. The van der Waals surface area contributed by atoms with Gasteiger partial charge in [-0.1, -0.05) is 6.07 Å². The summed E-state index contributed by atoms with van der Waals surface area (Å²) >= 11 is 0. The molecule has 0 aliphatic carbocycles. The summed E-state index contributed by atoms with van der Waals surface area (Å²) in [5.41, 5.74) is 1.83. The highest BCUT2D eigenvalue weighted by atomic mass is 19.1. The molecule has 0 spiro atoms. The van der Waals surface area contributed by atoms with Crippen molar-refractivity contribution in [2.75, 3.05) is 0 Å². The molecule has 1 aromatic carbocycles. The zero-order valence-electron chi connectivity index (χ0n) is 10.4. The summed E-state index contributed by atoms with van der Waals surface area (Å²) in [5, 5.41) is 0. The smallest absolute Gasteiger partial charge is 0.153 e. The van der Waals surface area contributed by atoms with Gasteiger partial charge in [0.25, 0.3) is 0 Å². The predicted molar refractivity (Wildman–Crippen MR) is 65.3 cm³/mol. The summed E-state index contributed by atoms with van der Waals surface area (Å²) in [6.07, 6.45) is 0.685. The van der Waals surface area contributed by atoms with Crippen LogP contribution in [-0.2, 0) is 0 Å². The maximum atomic E-state index is 14.1. The van der Waals surface area contributed by atoms with E-state index in [1.165, 1.54) is 16.7 Å². The third-order valence-corrected chi connectivity index (χ3v) is 3.08. The fraction of sp³-hybridized carbons (Fsp3) is 0.214. The molecular formula is C14H13F2NO. The van der Waals surface area contributed by atoms with Gasteiger partial charge in [-0.25, -0.2) is 8.78 Å². The van der Waals surface area contributed by atoms with Crippen molar-refractivity contribution in [3.05, 3.63) is 52.3 Å². The highest BCUT2D eigenvalue weighted by Gasteiger charge is 2.18. The minimum atomic E-state index is -0.641. The number of hydrogen-bond acceptors (Lipinski definition) is 1. The van der Waals surface area contributed by atoms with Crippen molar-refractivity contribution in [2.24, 2.45) is 0 Å². The highest BCUT2D eigenvalue weighted by Crippen LogP contribution is 2.26. The predicted octanol–water partition coefficient (Wildman–Crippen LogP) is 3.49. The van der Waals surface area contributed by atoms with Gasteiger partial charge < -0.3 is 4.57 Å². The molecule has 0 radical (unpaired) electrons. The van der Waals surface area contributed by atoms with E-state index in [2.05, 4.69) is 0 Å². The average molecular weight is 249 g/mol. The van der Waals surface area contributed by atoms with Crippen molar-refractivity contribution in [3.63, 3.8) is 0 Å². The number of rotatable bonds is 2. The topological polar surface area (TPSA) is 22.0 Å². The van der Waals surface area contributed by atoms with Crippen LogP contribution in [0.15, 0.2) is 18.2 Å². The SMILES string of the molecule is Cc1ccc(F)c(-n2c(C)cc(C=O)c2C)c1F. The van der Waals surface area contributed by atoms with Crippen LogP contribution in [0.3, 0.4) is 0 Å². The Bertz CT molecular complexity index is 629. The van der Waals surface area contributed by atoms with Gasteiger partial charge in [-0.2, -0.15) is 0 Å². The monoisotopic (exact) mass is 249 g/mol. The first-order valence-electron chi connectivity index (χ1n) is 5.56. The third kappa shape index (κ3) is 1.74. The molecule has 0 bridgehead atoms. The molecule has 0 amide bonds. The third-order valence-electron chi connectivity index (χ3n) is 3.08. The minimum Gasteiger partial charge on any atom is -0.313 e. The van der Waals surface area contributed by atoms with Crippen LogP contribution in [0.5, 0.6) is 0 Å². The average Bonchev–Trinajstić information content (AvgIpc) is 2.61. The molecule has 2 rings (SSSR count). The summed E-state index contributed by atoms with van der Waals surface area (Å²) in [6.45, 7) is 4.95. The first-order chi connectivity index (χ1) is 8.47. The van der Waals surface area contributed by atoms with E-state index in [0.717, 1.165) is 0 Å². The van der Waals surface area contributed by atoms with E-state index in [9.17, 15) is 13.6 Å². The van der Waals surface area contributed by atoms with Crippen LogP contribution in [0.25, 0.3) is 5.69 Å². The van der Waals surface area contributed by atoms with Gasteiger partial charge >= 0.3 is 0 Å². The van der Waals surface area contributed by atoms with Crippen LogP contribution in [0.2, 0.25) is 0 Å². The Hall–Kier alpha value is -1.97. The molecule has 94 valence electrons. The molecule has 2 nitrogen and oxygen atoms in total. The van der Waals surface area contributed by atoms with E-state index >= 15 is 0 Å². The maximum Gasteiger partial charge on any atom is 0.153 e. The second-order valence-corrected chi connectivity index (χ2v) is 4.31. The van der Waals surface area contributed by atoms with E-state index in [4.69, 9.17) is 0 Å². The van der Waals surface area contributed by atoms with Crippen molar-refractivity contribution in [1.82, 2.24) is 4.57 Å². The Morgan fingerprint density at radius 3 is 2.39 bits per heavy atom. The first kappa shape index (κ1) is 12.5. The summed E-state index contributed by atoms with van der Waals surface area (Å²) in [6, 6.07) is 4.24. The van der Waals surface area contributed by atoms with Crippen LogP contribution in [-0.4, -0.2) is 10.9 Å². The van der Waals surface area contributed by atoms with E-state index in [0.29, 0.717) is 28.8 Å². The second kappa shape index (κ2) is 4.37. The summed E-state index contributed by atoms with van der Waals surface area (Å²) < 4.78 is 29.3. The van der Waals surface area contributed by atoms with Crippen molar-refractivity contribution >= 4 is 6.29 Å². The molecule has 2 aromatic rings. The van der Waals surface area contributed by atoms with Crippen molar-refractivity contribution in [3.8, 4) is 5.69 Å². The summed E-state index contributed by atoms with van der Waals surface area (Å²) in [7, 11) is 0. The largest absolute Gasteiger partial charge is 0.313 e. The molecule has 0 saturated heterocycles. The van der Waals surface area contributed by atoms with Gasteiger partial charge in [0.15, 0.2) is 12.1 Å². The lowest BCUT2D eigenvalue weighted by molar-refractivity contribution is 0.112. The van der Waals surface area contributed by atoms with E-state index in [-0.39, 0.29) is 5.69 Å². The molecule has 0 N–H and O–H groups in total. The molecule has 0 aliphatic rings. The van der Waals surface area contributed by atoms with Gasteiger partial charge in [-0.05, 0) is 38.5 Å². The molecular weight excluding hydrogens is 236 g/mol. The number of aldehydes is 1. The molecule has 0 fully saturated rings. The van der Waals surface area contributed by atoms with E-state index in [1.54, 1.807) is 26.8 Å². The van der Waals surface area contributed by atoms with Crippen LogP contribution < -0.4 is 0 Å². The fourth-order valence-electron chi connectivity index (χ4n) is 2.10. The number of aromatic nitrogens is 1. The number of carbonyl (C=O) groups excluding carboxylic acids is 1. The number of aryl methyl sites for hydroxylation is 2. The molecule has 0 aliphatic heterocycles. The van der Waals surface area contributed by atoms with Gasteiger partial charge in [0.2, 0.25) is 0 Å². The maximum absolute atomic E-state index is 14.1. The quantitative estimate of drug-likeness (QED) is 0.747. The van der Waals surface area contributed by atoms with Crippen LogP contribution >= 0.6 is 0 Å². The number of halogens is 2. The van der Waals surface area contributed by atoms with Crippen molar-refractivity contribution < 1.29 is 13.6 Å². The van der Waals surface area contributed by atoms with Crippen LogP contribution in [0, 0.1) is 32.4 Å². The Kier molecular flexibility index (Phi) is 3.03. The molecule has 0 unspecified atom stereocenters. The number of nitrogens with zero attached hydrogens (tertiary/aromatic N) is 1. The Labute approximate surface area is 104 Å². The molecule has 18 heavy (non-hydrogen) atoms. The zero-order chi connectivity index (χ0) is 13.4. The molecule has 0 atom stereocenters. The number of hydrogen-bond donors (Lipinski definition) is 0. The van der Waals surface area contributed by atoms with Crippen molar-refractivity contribution in [2.45, 2.75) is 20.8 Å². The fourth-order valence-corrected chi connectivity index (χ4v) is 2.10. The van der Waals surface area contributed by atoms with Gasteiger partial charge in [-0.3, -0.25) is 4.79 Å². The first-order valence-corrected chi connectivity index (χ1v) is 5.56. The van der Waals surface area contributed by atoms with Gasteiger partial charge in [0, 0.05) is 17.0 Å². The van der Waals surface area contributed by atoms with Crippen LogP contribution in [0.1, 0.15) is 27.3 Å². The second-order valence-electron chi connectivity index (χ2n) is 4.31. The van der Waals surface area contributed by atoms with Gasteiger partial charge in [0.1, 0.15) is 11.5 Å². The Morgan fingerprint density at radius 1 is 1.17 bits per heavy atom. The molecule has 0 saturated carbocycles. The normalized spacial score (nSPS) is 10.7. The molecule has 1 heterocycles. The standard InChI is InChI=1S/C14H13F2NO/c1-8-4-5-12(15)14(13(8)16)17-9(2)6-11(7-18)10(17)3/h4-7H,1-3H3. The van der Waals surface area contributed by atoms with Gasteiger partial charge in [-0.15, -0.1) is 0 Å². The zero-order valence-corrected chi connectivity index (χ0v) is 10.4. The lowest BCUT2D eigenvalue weighted by Crippen LogP contribution is -2.06.